The van der Waals surface area contributed by atoms with Gasteiger partial charge in [0.05, 0.1) is 11.3 Å². The van der Waals surface area contributed by atoms with Crippen molar-refractivity contribution in [3.8, 4) is 0 Å². The van der Waals surface area contributed by atoms with Gasteiger partial charge in [0, 0.05) is 18.7 Å². The predicted octanol–water partition coefficient (Wildman–Crippen LogP) is 4.18. The molecule has 3 heteroatoms. The number of aromatic nitrogens is 2. The van der Waals surface area contributed by atoms with Gasteiger partial charge in [-0.1, -0.05) is 37.3 Å². The van der Waals surface area contributed by atoms with Crippen LogP contribution in [0.5, 0.6) is 0 Å². The molecule has 4 rings (SSSR count). The Morgan fingerprint density at radius 1 is 1.24 bits per heavy atom. The Hall–Kier alpha value is -1.61. The Balaban J connectivity index is 1.80. The lowest BCUT2D eigenvalue weighted by atomic mass is 9.57. The molecule has 0 aliphatic heterocycles. The molecule has 1 N–H and O–H groups in total. The van der Waals surface area contributed by atoms with E-state index in [2.05, 4.69) is 43.5 Å². The van der Waals surface area contributed by atoms with Crippen molar-refractivity contribution in [3.63, 3.8) is 0 Å². The molecule has 1 saturated carbocycles. The molecule has 3 atom stereocenters. The molecule has 0 radical (unpaired) electrons. The average Bonchev–Trinajstić information content (AvgIpc) is 2.93. The number of hydrogen-bond donors (Lipinski definition) is 1. The lowest BCUT2D eigenvalue weighted by Gasteiger charge is -2.49. The van der Waals surface area contributed by atoms with Crippen LogP contribution in [0.25, 0.3) is 0 Å². The van der Waals surface area contributed by atoms with Crippen molar-refractivity contribution in [1.82, 2.24) is 9.78 Å². The molecule has 3 nitrogen and oxygen atoms in total. The Bertz CT molecular complexity index is 738. The van der Waals surface area contributed by atoms with Crippen LogP contribution in [-0.2, 0) is 25.3 Å². The van der Waals surface area contributed by atoms with Crippen LogP contribution in [0.15, 0.2) is 36.5 Å². The largest absolute Gasteiger partial charge is 0.390 e. The quantitative estimate of drug-likeness (QED) is 0.912. The Morgan fingerprint density at radius 2 is 2.04 bits per heavy atom. The fraction of sp³-hybridized carbons (Fsp3) is 0.591. The van der Waals surface area contributed by atoms with E-state index in [1.165, 1.54) is 29.7 Å². The first-order valence-electron chi connectivity index (χ1n) is 9.84. The molecule has 0 amide bonds. The van der Waals surface area contributed by atoms with Gasteiger partial charge in [0.1, 0.15) is 0 Å². The molecular weight excluding hydrogens is 308 g/mol. The third-order valence-electron chi connectivity index (χ3n) is 6.84. The number of aliphatic hydroxyl groups is 1. The molecule has 1 fully saturated rings. The second-order valence-corrected chi connectivity index (χ2v) is 8.37. The highest BCUT2D eigenvalue weighted by Crippen LogP contribution is 2.53. The van der Waals surface area contributed by atoms with E-state index in [0.29, 0.717) is 5.92 Å². The second-order valence-electron chi connectivity index (χ2n) is 8.37. The van der Waals surface area contributed by atoms with Crippen LogP contribution in [0.2, 0.25) is 0 Å². The fourth-order valence-corrected chi connectivity index (χ4v) is 5.38. The summed E-state index contributed by atoms with van der Waals surface area (Å²) in [6.45, 7) is 2.13. The van der Waals surface area contributed by atoms with Gasteiger partial charge in [0.15, 0.2) is 0 Å². The van der Waals surface area contributed by atoms with E-state index in [1.807, 2.05) is 11.7 Å². The molecule has 0 bridgehead atoms. The van der Waals surface area contributed by atoms with Crippen LogP contribution >= 0.6 is 0 Å². The van der Waals surface area contributed by atoms with E-state index in [4.69, 9.17) is 5.10 Å². The SMILES string of the molecule is CC[C@@]1(O)CC[C@@]2(Cc3ccccc3)c3nn(C)cc3CCC[C@H]2C1. The molecule has 134 valence electrons. The molecule has 2 aromatic rings. The average molecular weight is 338 g/mol. The Kier molecular flexibility index (Phi) is 4.23. The molecule has 0 saturated heterocycles. The van der Waals surface area contributed by atoms with E-state index in [9.17, 15) is 5.11 Å². The number of fused-ring (bicyclic) bond motifs is 3. The van der Waals surface area contributed by atoms with Gasteiger partial charge in [-0.3, -0.25) is 4.68 Å². The smallest absolute Gasteiger partial charge is 0.0724 e. The minimum absolute atomic E-state index is 0.0792. The molecule has 2 aliphatic carbocycles. The van der Waals surface area contributed by atoms with Crippen LogP contribution in [-0.4, -0.2) is 20.5 Å². The number of hydrogen-bond acceptors (Lipinski definition) is 2. The molecule has 1 aromatic carbocycles. The highest BCUT2D eigenvalue weighted by Gasteiger charge is 2.51. The van der Waals surface area contributed by atoms with E-state index in [0.717, 1.165) is 38.5 Å². The second kappa shape index (κ2) is 6.28. The summed E-state index contributed by atoms with van der Waals surface area (Å²) >= 11 is 0. The number of nitrogens with zero attached hydrogens (tertiary/aromatic N) is 2. The summed E-state index contributed by atoms with van der Waals surface area (Å²) in [7, 11) is 2.05. The van der Waals surface area contributed by atoms with Gasteiger partial charge in [0.2, 0.25) is 0 Å². The highest BCUT2D eigenvalue weighted by molar-refractivity contribution is 5.34. The molecule has 1 heterocycles. The number of rotatable bonds is 3. The van der Waals surface area contributed by atoms with Crippen molar-refractivity contribution in [2.45, 2.75) is 69.3 Å². The number of benzene rings is 1. The summed E-state index contributed by atoms with van der Waals surface area (Å²) in [6.07, 6.45) is 10.5. The van der Waals surface area contributed by atoms with Crippen LogP contribution in [0.1, 0.15) is 62.3 Å². The molecule has 1 aromatic heterocycles. The Labute approximate surface area is 151 Å². The maximum Gasteiger partial charge on any atom is 0.0724 e. The van der Waals surface area contributed by atoms with Gasteiger partial charge in [0.25, 0.3) is 0 Å². The normalized spacial score (nSPS) is 31.9. The maximum atomic E-state index is 11.0. The maximum absolute atomic E-state index is 11.0. The molecule has 2 aliphatic rings. The first-order valence-corrected chi connectivity index (χ1v) is 9.84. The van der Waals surface area contributed by atoms with Crippen molar-refractivity contribution in [2.24, 2.45) is 13.0 Å². The van der Waals surface area contributed by atoms with Gasteiger partial charge in [-0.15, -0.1) is 0 Å². The fourth-order valence-electron chi connectivity index (χ4n) is 5.38. The van der Waals surface area contributed by atoms with Crippen LogP contribution < -0.4 is 0 Å². The summed E-state index contributed by atoms with van der Waals surface area (Å²) in [5.41, 5.74) is 3.75. The van der Waals surface area contributed by atoms with Gasteiger partial charge in [-0.05, 0) is 68.4 Å². The molecule has 0 spiro atoms. The monoisotopic (exact) mass is 338 g/mol. The van der Waals surface area contributed by atoms with Gasteiger partial charge >= 0.3 is 0 Å². The summed E-state index contributed by atoms with van der Waals surface area (Å²) in [4.78, 5) is 0. The van der Waals surface area contributed by atoms with E-state index in [1.54, 1.807) is 0 Å². The third-order valence-corrected chi connectivity index (χ3v) is 6.84. The van der Waals surface area contributed by atoms with Gasteiger partial charge in [-0.2, -0.15) is 5.10 Å². The van der Waals surface area contributed by atoms with E-state index < -0.39 is 5.60 Å². The van der Waals surface area contributed by atoms with Crippen molar-refractivity contribution >= 4 is 0 Å². The highest BCUT2D eigenvalue weighted by atomic mass is 16.3. The zero-order valence-electron chi connectivity index (χ0n) is 15.5. The third kappa shape index (κ3) is 2.93. The van der Waals surface area contributed by atoms with Gasteiger partial charge < -0.3 is 5.11 Å². The predicted molar refractivity (Wildman–Crippen MR) is 101 cm³/mol. The standard InChI is InChI=1S/C22H30N2O/c1-3-21(25)12-13-22(14-17-8-5-4-6-9-17)19(15-21)11-7-10-18-16-24(2)23-20(18)22/h4-6,8-9,16,19,25H,3,7,10-15H2,1-2H3/t19-,21+,22-/m0/s1. The molecular formula is C22H30N2O. The lowest BCUT2D eigenvalue weighted by molar-refractivity contribution is -0.0507. The minimum atomic E-state index is -0.482. The molecule has 0 unspecified atom stereocenters. The van der Waals surface area contributed by atoms with Crippen LogP contribution in [0.4, 0.5) is 0 Å². The lowest BCUT2D eigenvalue weighted by Crippen LogP contribution is -2.49. The summed E-state index contributed by atoms with van der Waals surface area (Å²) in [5.74, 6) is 0.516. The van der Waals surface area contributed by atoms with Crippen molar-refractivity contribution < 1.29 is 5.11 Å². The van der Waals surface area contributed by atoms with E-state index in [-0.39, 0.29) is 5.41 Å². The van der Waals surface area contributed by atoms with E-state index >= 15 is 0 Å². The van der Waals surface area contributed by atoms with Crippen molar-refractivity contribution in [1.29, 1.82) is 0 Å². The summed E-state index contributed by atoms with van der Waals surface area (Å²) in [5, 5.41) is 16.0. The van der Waals surface area contributed by atoms with Crippen molar-refractivity contribution in [3.05, 3.63) is 53.3 Å². The topological polar surface area (TPSA) is 38.1 Å². The van der Waals surface area contributed by atoms with Crippen molar-refractivity contribution in [2.75, 3.05) is 0 Å². The summed E-state index contributed by atoms with van der Waals surface area (Å²) in [6, 6.07) is 10.9. The number of aryl methyl sites for hydroxylation is 2. The zero-order valence-corrected chi connectivity index (χ0v) is 15.5. The molecule has 25 heavy (non-hydrogen) atoms. The first kappa shape index (κ1) is 16.8. The van der Waals surface area contributed by atoms with Crippen LogP contribution in [0.3, 0.4) is 0 Å². The minimum Gasteiger partial charge on any atom is -0.390 e. The van der Waals surface area contributed by atoms with Crippen LogP contribution in [0, 0.1) is 5.92 Å². The zero-order chi connectivity index (χ0) is 17.5. The summed E-state index contributed by atoms with van der Waals surface area (Å²) < 4.78 is 2.00. The van der Waals surface area contributed by atoms with Gasteiger partial charge in [-0.25, -0.2) is 0 Å². The first-order chi connectivity index (χ1) is 12.0. The Morgan fingerprint density at radius 3 is 2.80 bits per heavy atom.